The van der Waals surface area contributed by atoms with E-state index in [2.05, 4.69) is 52.7 Å². The van der Waals surface area contributed by atoms with Crippen LogP contribution in [0.5, 0.6) is 0 Å². The number of carbonyl (C=O) groups is 1. The molecule has 0 aliphatic carbocycles. The molecular weight excluding hydrogens is 384 g/mol. The molecule has 0 bridgehead atoms. The fourth-order valence-corrected chi connectivity index (χ4v) is 4.72. The highest BCUT2D eigenvalue weighted by Gasteiger charge is 2.32. The molecule has 3 heterocycles. The van der Waals surface area contributed by atoms with Crippen LogP contribution in [-0.2, 0) is 4.75 Å². The van der Waals surface area contributed by atoms with Crippen molar-refractivity contribution in [1.82, 2.24) is 4.90 Å². The number of likely N-dealkylation sites (N-methyl/N-ethyl adjacent to an activating group) is 1. The van der Waals surface area contributed by atoms with Gasteiger partial charge in [-0.05, 0) is 61.7 Å². The van der Waals surface area contributed by atoms with Gasteiger partial charge in [0, 0.05) is 42.3 Å². The van der Waals surface area contributed by atoms with Crippen molar-refractivity contribution in [2.24, 2.45) is 0 Å². The molecule has 0 spiro atoms. The Kier molecular flexibility index (Phi) is 5.39. The summed E-state index contributed by atoms with van der Waals surface area (Å²) >= 11 is 1.77. The molecule has 0 saturated carbocycles. The molecule has 2 aliphatic rings. The average Bonchev–Trinajstić information content (AvgIpc) is 3.39. The predicted octanol–water partition coefficient (Wildman–Crippen LogP) is 4.02. The molecule has 0 radical (unpaired) electrons. The van der Waals surface area contributed by atoms with Crippen molar-refractivity contribution in [2.45, 2.75) is 18.1 Å². The minimum Gasteiger partial charge on any atom is -0.440 e. The third-order valence-electron chi connectivity index (χ3n) is 5.56. The molecule has 2 aromatic rings. The van der Waals surface area contributed by atoms with Gasteiger partial charge in [0.1, 0.15) is 6.07 Å². The van der Waals surface area contributed by atoms with Crippen molar-refractivity contribution in [3.63, 3.8) is 0 Å². The van der Waals surface area contributed by atoms with Crippen LogP contribution < -0.4 is 10.2 Å². The van der Waals surface area contributed by atoms with E-state index in [0.29, 0.717) is 0 Å². The summed E-state index contributed by atoms with van der Waals surface area (Å²) in [5.41, 5.74) is 3.07. The molecule has 1 unspecified atom stereocenters. The molecule has 1 fully saturated rings. The van der Waals surface area contributed by atoms with Crippen molar-refractivity contribution in [3.05, 3.63) is 58.9 Å². The number of piperazine rings is 1. The van der Waals surface area contributed by atoms with Gasteiger partial charge in [0.15, 0.2) is 5.76 Å². The Morgan fingerprint density at radius 1 is 1.24 bits per heavy atom. The van der Waals surface area contributed by atoms with E-state index in [9.17, 15) is 4.79 Å². The summed E-state index contributed by atoms with van der Waals surface area (Å²) in [5, 5.41) is 14.0. The number of rotatable bonds is 4. The van der Waals surface area contributed by atoms with Crippen LogP contribution in [0, 0.1) is 11.3 Å². The zero-order valence-corrected chi connectivity index (χ0v) is 17.5. The van der Waals surface area contributed by atoms with Crippen molar-refractivity contribution < 1.29 is 9.21 Å². The molecule has 7 heteroatoms. The fraction of sp³-hybridized carbons (Fsp3) is 0.364. The standard InChI is InChI=1S/C22H24N4O2S/c1-22(8-3-13-29-22)18-14-16(26-11-9-25(2)10-12-26)4-6-19(18)24-21(27)20-7-5-17(15-23)28-20/h3-7,13-14H,8-12H2,1-2H3,(H,24,27). The molecule has 1 aromatic heterocycles. The number of anilines is 2. The highest BCUT2D eigenvalue weighted by atomic mass is 32.2. The monoisotopic (exact) mass is 408 g/mol. The van der Waals surface area contributed by atoms with Crippen LogP contribution >= 0.6 is 11.8 Å². The van der Waals surface area contributed by atoms with Crippen LogP contribution in [0.1, 0.15) is 35.2 Å². The van der Waals surface area contributed by atoms with Crippen molar-refractivity contribution in [1.29, 1.82) is 5.26 Å². The van der Waals surface area contributed by atoms with Crippen molar-refractivity contribution in [3.8, 4) is 6.07 Å². The van der Waals surface area contributed by atoms with Gasteiger partial charge < -0.3 is 19.5 Å². The summed E-state index contributed by atoms with van der Waals surface area (Å²) in [6.07, 6.45) is 3.08. The number of amides is 1. The van der Waals surface area contributed by atoms with E-state index in [1.807, 2.05) is 12.1 Å². The first-order valence-electron chi connectivity index (χ1n) is 9.71. The molecule has 1 N–H and O–H groups in total. The van der Waals surface area contributed by atoms with Gasteiger partial charge in [0.05, 0.1) is 0 Å². The number of benzene rings is 1. The van der Waals surface area contributed by atoms with E-state index in [-0.39, 0.29) is 22.2 Å². The topological polar surface area (TPSA) is 72.5 Å². The summed E-state index contributed by atoms with van der Waals surface area (Å²) in [6, 6.07) is 11.2. The molecule has 1 aromatic carbocycles. The number of allylic oxidation sites excluding steroid dienone is 1. The first-order valence-corrected chi connectivity index (χ1v) is 10.6. The molecule has 6 nitrogen and oxygen atoms in total. The Morgan fingerprint density at radius 2 is 2.03 bits per heavy atom. The number of furan rings is 1. The number of hydrogen-bond acceptors (Lipinski definition) is 6. The lowest BCUT2D eigenvalue weighted by atomic mass is 9.94. The van der Waals surface area contributed by atoms with Gasteiger partial charge in [-0.2, -0.15) is 5.26 Å². The van der Waals surface area contributed by atoms with Crippen LogP contribution in [-0.4, -0.2) is 44.0 Å². The Hall–Kier alpha value is -2.69. The van der Waals surface area contributed by atoms with E-state index in [1.165, 1.54) is 17.8 Å². The lowest BCUT2D eigenvalue weighted by Gasteiger charge is -2.35. The minimum absolute atomic E-state index is 0.128. The molecule has 1 saturated heterocycles. The lowest BCUT2D eigenvalue weighted by molar-refractivity contribution is 0.0996. The maximum absolute atomic E-state index is 12.7. The van der Waals surface area contributed by atoms with E-state index in [0.717, 1.165) is 43.9 Å². The first-order chi connectivity index (χ1) is 14.0. The molecule has 2 aliphatic heterocycles. The second kappa shape index (κ2) is 7.97. The maximum atomic E-state index is 12.7. The Balaban J connectivity index is 1.64. The van der Waals surface area contributed by atoms with E-state index in [1.54, 1.807) is 11.8 Å². The second-order valence-corrected chi connectivity index (χ2v) is 9.08. The number of nitrogens with zero attached hydrogens (tertiary/aromatic N) is 3. The van der Waals surface area contributed by atoms with Gasteiger partial charge in [-0.1, -0.05) is 6.08 Å². The Bertz CT molecular complexity index is 975. The molecular formula is C22H24N4O2S. The number of hydrogen-bond donors (Lipinski definition) is 1. The van der Waals surface area contributed by atoms with Crippen molar-refractivity contribution >= 4 is 29.0 Å². The quantitative estimate of drug-likeness (QED) is 0.824. The summed E-state index contributed by atoms with van der Waals surface area (Å²) in [7, 11) is 2.15. The zero-order chi connectivity index (χ0) is 20.4. The summed E-state index contributed by atoms with van der Waals surface area (Å²) in [6.45, 7) is 6.28. The van der Waals surface area contributed by atoms with Crippen LogP contribution in [0.25, 0.3) is 0 Å². The summed E-state index contributed by atoms with van der Waals surface area (Å²) in [4.78, 5) is 17.4. The molecule has 1 atom stereocenters. The van der Waals surface area contributed by atoms with Crippen LogP contribution in [0.3, 0.4) is 0 Å². The molecule has 150 valence electrons. The van der Waals surface area contributed by atoms with Gasteiger partial charge in [-0.15, -0.1) is 11.8 Å². The minimum atomic E-state index is -0.348. The summed E-state index contributed by atoms with van der Waals surface area (Å²) in [5.74, 6) is -0.0825. The van der Waals surface area contributed by atoms with E-state index in [4.69, 9.17) is 9.68 Å². The van der Waals surface area contributed by atoms with E-state index >= 15 is 0 Å². The third kappa shape index (κ3) is 4.04. The average molecular weight is 409 g/mol. The third-order valence-corrected chi connectivity index (χ3v) is 6.80. The number of nitriles is 1. The first kappa shape index (κ1) is 19.6. The largest absolute Gasteiger partial charge is 0.440 e. The zero-order valence-electron chi connectivity index (χ0n) is 16.6. The van der Waals surface area contributed by atoms with Crippen LogP contribution in [0.15, 0.2) is 46.2 Å². The molecule has 29 heavy (non-hydrogen) atoms. The number of thioether (sulfide) groups is 1. The maximum Gasteiger partial charge on any atom is 0.291 e. The Morgan fingerprint density at radius 3 is 2.69 bits per heavy atom. The van der Waals surface area contributed by atoms with E-state index < -0.39 is 0 Å². The number of carbonyl (C=O) groups excluding carboxylic acids is 1. The molecule has 4 rings (SSSR count). The SMILES string of the molecule is CN1CCN(c2ccc(NC(=O)c3ccc(C#N)o3)c(C3(C)CC=CS3)c2)CC1. The van der Waals surface area contributed by atoms with Crippen molar-refractivity contribution in [2.75, 3.05) is 43.4 Å². The second-order valence-electron chi connectivity index (χ2n) is 7.67. The lowest BCUT2D eigenvalue weighted by Crippen LogP contribution is -2.44. The highest BCUT2D eigenvalue weighted by Crippen LogP contribution is 2.48. The predicted molar refractivity (Wildman–Crippen MR) is 116 cm³/mol. The molecule has 1 amide bonds. The normalized spacial score (nSPS) is 21.9. The van der Waals surface area contributed by atoms with Crippen LogP contribution in [0.4, 0.5) is 11.4 Å². The van der Waals surface area contributed by atoms with Gasteiger partial charge >= 0.3 is 0 Å². The van der Waals surface area contributed by atoms with Crippen LogP contribution in [0.2, 0.25) is 0 Å². The smallest absolute Gasteiger partial charge is 0.291 e. The highest BCUT2D eigenvalue weighted by molar-refractivity contribution is 8.03. The van der Waals surface area contributed by atoms with Gasteiger partial charge in [-0.25, -0.2) is 0 Å². The number of nitrogens with one attached hydrogen (secondary N) is 1. The Labute approximate surface area is 175 Å². The fourth-order valence-electron chi connectivity index (χ4n) is 3.74. The van der Waals surface area contributed by atoms with Gasteiger partial charge in [-0.3, -0.25) is 4.79 Å². The summed E-state index contributed by atoms with van der Waals surface area (Å²) < 4.78 is 5.15. The van der Waals surface area contributed by atoms with Gasteiger partial charge in [0.2, 0.25) is 5.76 Å². The van der Waals surface area contributed by atoms with Gasteiger partial charge in [0.25, 0.3) is 5.91 Å².